The van der Waals surface area contributed by atoms with Gasteiger partial charge in [0.25, 0.3) is 0 Å². The zero-order valence-corrected chi connectivity index (χ0v) is 13.5. The van der Waals surface area contributed by atoms with E-state index in [4.69, 9.17) is 4.74 Å². The molecule has 3 heteroatoms. The number of carbonyl (C=O) groups is 1. The summed E-state index contributed by atoms with van der Waals surface area (Å²) in [7, 11) is 0. The lowest BCUT2D eigenvalue weighted by Gasteiger charge is -2.22. The molecule has 0 fully saturated rings. The Bertz CT molecular complexity index is 679. The Kier molecular flexibility index (Phi) is 5.67. The van der Waals surface area contributed by atoms with Gasteiger partial charge in [-0.1, -0.05) is 55.5 Å². The molecule has 3 nitrogen and oxygen atoms in total. The van der Waals surface area contributed by atoms with Crippen molar-refractivity contribution in [3.63, 3.8) is 0 Å². The van der Waals surface area contributed by atoms with Crippen molar-refractivity contribution in [2.45, 2.75) is 32.5 Å². The van der Waals surface area contributed by atoms with Crippen LogP contribution in [0.3, 0.4) is 0 Å². The summed E-state index contributed by atoms with van der Waals surface area (Å²) in [4.78, 5) is 11.9. The number of nitriles is 1. The SMILES string of the molecule is CCC(=O)[C@H](C#N)C1=CC=CC(C)(OCc2ccccc2)C=C1. The number of ketones is 1. The molecule has 2 rings (SSSR count). The number of hydrogen-bond donors (Lipinski definition) is 0. The van der Waals surface area contributed by atoms with Gasteiger partial charge in [-0.2, -0.15) is 5.26 Å². The third-order valence-electron chi connectivity index (χ3n) is 3.85. The van der Waals surface area contributed by atoms with Crippen molar-refractivity contribution in [3.05, 3.63) is 71.8 Å². The Hall–Kier alpha value is -2.44. The lowest BCUT2D eigenvalue weighted by atomic mass is 9.93. The van der Waals surface area contributed by atoms with Gasteiger partial charge < -0.3 is 4.74 Å². The topological polar surface area (TPSA) is 50.1 Å². The van der Waals surface area contributed by atoms with Gasteiger partial charge >= 0.3 is 0 Å². The molecule has 0 radical (unpaired) electrons. The molecule has 0 saturated carbocycles. The van der Waals surface area contributed by atoms with Crippen LogP contribution in [-0.4, -0.2) is 11.4 Å². The maximum absolute atomic E-state index is 11.9. The highest BCUT2D eigenvalue weighted by Gasteiger charge is 2.23. The Morgan fingerprint density at radius 3 is 2.70 bits per heavy atom. The first-order valence-electron chi connectivity index (χ1n) is 7.77. The van der Waals surface area contributed by atoms with Crippen LogP contribution in [0.15, 0.2) is 66.3 Å². The van der Waals surface area contributed by atoms with Crippen molar-refractivity contribution < 1.29 is 9.53 Å². The monoisotopic (exact) mass is 307 g/mol. The Balaban J connectivity index is 2.09. The van der Waals surface area contributed by atoms with Crippen LogP contribution in [-0.2, 0) is 16.1 Å². The predicted octanol–water partition coefficient (Wildman–Crippen LogP) is 4.13. The van der Waals surface area contributed by atoms with Crippen LogP contribution >= 0.6 is 0 Å². The van der Waals surface area contributed by atoms with Gasteiger partial charge in [0.2, 0.25) is 0 Å². The zero-order valence-electron chi connectivity index (χ0n) is 13.5. The first kappa shape index (κ1) is 16.9. The largest absolute Gasteiger partial charge is 0.362 e. The normalized spacial score (nSPS) is 21.2. The first-order valence-corrected chi connectivity index (χ1v) is 7.77. The number of carbonyl (C=O) groups excluding carboxylic acids is 1. The number of hydrogen-bond acceptors (Lipinski definition) is 3. The molecule has 2 atom stereocenters. The average Bonchev–Trinajstić information content (AvgIpc) is 2.77. The van der Waals surface area contributed by atoms with Gasteiger partial charge in [-0.15, -0.1) is 0 Å². The molecule has 1 unspecified atom stereocenters. The Morgan fingerprint density at radius 2 is 2.04 bits per heavy atom. The second-order valence-corrected chi connectivity index (χ2v) is 5.70. The summed E-state index contributed by atoms with van der Waals surface area (Å²) in [5.41, 5.74) is 1.25. The molecule has 0 heterocycles. The third-order valence-corrected chi connectivity index (χ3v) is 3.85. The van der Waals surface area contributed by atoms with Crippen LogP contribution in [0.5, 0.6) is 0 Å². The van der Waals surface area contributed by atoms with Crippen LogP contribution < -0.4 is 0 Å². The van der Waals surface area contributed by atoms with E-state index in [9.17, 15) is 10.1 Å². The molecule has 0 amide bonds. The molecule has 0 N–H and O–H groups in total. The van der Waals surface area contributed by atoms with E-state index in [1.807, 2.05) is 67.6 Å². The van der Waals surface area contributed by atoms with E-state index in [0.29, 0.717) is 18.6 Å². The predicted molar refractivity (Wildman–Crippen MR) is 90.4 cm³/mol. The molecule has 23 heavy (non-hydrogen) atoms. The molecule has 0 aliphatic heterocycles. The van der Waals surface area contributed by atoms with Crippen molar-refractivity contribution in [1.29, 1.82) is 5.26 Å². The average molecular weight is 307 g/mol. The van der Waals surface area contributed by atoms with E-state index in [-0.39, 0.29) is 5.78 Å². The minimum atomic E-state index is -0.711. The first-order chi connectivity index (χ1) is 11.1. The highest BCUT2D eigenvalue weighted by molar-refractivity contribution is 5.86. The van der Waals surface area contributed by atoms with Crippen molar-refractivity contribution in [3.8, 4) is 6.07 Å². The molecule has 1 aliphatic rings. The van der Waals surface area contributed by atoms with Crippen LogP contribution in [0.4, 0.5) is 0 Å². The maximum atomic E-state index is 11.9. The molecular weight excluding hydrogens is 286 g/mol. The molecule has 1 aromatic carbocycles. The Morgan fingerprint density at radius 1 is 1.30 bits per heavy atom. The van der Waals surface area contributed by atoms with Gasteiger partial charge in [0.15, 0.2) is 5.78 Å². The fourth-order valence-electron chi connectivity index (χ4n) is 2.36. The number of ether oxygens (including phenoxy) is 1. The standard InChI is InChI=1S/C20H21NO2/c1-3-19(22)18(14-21)17-10-7-12-20(2,13-11-17)23-15-16-8-5-4-6-9-16/h4-13,18H,3,15H2,1-2H3/t18-,20?/m1/s1. The quantitative estimate of drug-likeness (QED) is 0.794. The van der Waals surface area contributed by atoms with E-state index in [1.165, 1.54) is 0 Å². The highest BCUT2D eigenvalue weighted by atomic mass is 16.5. The van der Waals surface area contributed by atoms with Crippen molar-refractivity contribution in [1.82, 2.24) is 0 Å². The summed E-state index contributed by atoms with van der Waals surface area (Å²) in [6.45, 7) is 4.23. The van der Waals surface area contributed by atoms with E-state index >= 15 is 0 Å². The third kappa shape index (κ3) is 4.51. The summed E-state index contributed by atoms with van der Waals surface area (Å²) < 4.78 is 6.01. The lowest BCUT2D eigenvalue weighted by molar-refractivity contribution is -0.120. The summed E-state index contributed by atoms with van der Waals surface area (Å²) in [6.07, 6.45) is 9.69. The minimum Gasteiger partial charge on any atom is -0.362 e. The minimum absolute atomic E-state index is 0.0643. The van der Waals surface area contributed by atoms with Gasteiger partial charge in [0, 0.05) is 6.42 Å². The molecule has 1 aliphatic carbocycles. The number of Topliss-reactive ketones (excluding diaryl/α,β-unsaturated/α-hetero) is 1. The van der Waals surface area contributed by atoms with Crippen molar-refractivity contribution in [2.24, 2.45) is 5.92 Å². The fourth-order valence-corrected chi connectivity index (χ4v) is 2.36. The van der Waals surface area contributed by atoms with E-state index < -0.39 is 11.5 Å². The molecule has 0 bridgehead atoms. The summed E-state index contributed by atoms with van der Waals surface area (Å²) in [5, 5.41) is 9.25. The van der Waals surface area contributed by atoms with Crippen LogP contribution in [0, 0.1) is 17.2 Å². The van der Waals surface area contributed by atoms with Crippen molar-refractivity contribution >= 4 is 5.78 Å². The van der Waals surface area contributed by atoms with Gasteiger partial charge in [0.05, 0.1) is 12.7 Å². The molecule has 1 aromatic rings. The number of nitrogens with zero attached hydrogens (tertiary/aromatic N) is 1. The maximum Gasteiger partial charge on any atom is 0.154 e. The van der Waals surface area contributed by atoms with Gasteiger partial charge in [-0.25, -0.2) is 0 Å². The summed E-state index contributed by atoms with van der Waals surface area (Å²) in [6, 6.07) is 12.1. The second kappa shape index (κ2) is 7.71. The molecule has 0 aromatic heterocycles. The van der Waals surface area contributed by atoms with E-state index in [2.05, 4.69) is 6.07 Å². The van der Waals surface area contributed by atoms with Crippen LogP contribution in [0.2, 0.25) is 0 Å². The number of allylic oxidation sites excluding steroid dienone is 4. The Labute approximate surface area is 137 Å². The van der Waals surface area contributed by atoms with E-state index in [1.54, 1.807) is 6.92 Å². The number of benzene rings is 1. The van der Waals surface area contributed by atoms with Crippen molar-refractivity contribution in [2.75, 3.05) is 0 Å². The lowest BCUT2D eigenvalue weighted by Crippen LogP contribution is -2.22. The molecule has 118 valence electrons. The molecule has 0 spiro atoms. The van der Waals surface area contributed by atoms with E-state index in [0.717, 1.165) is 5.56 Å². The smallest absolute Gasteiger partial charge is 0.154 e. The van der Waals surface area contributed by atoms with Crippen LogP contribution in [0.25, 0.3) is 0 Å². The van der Waals surface area contributed by atoms with Gasteiger partial charge in [-0.05, 0) is 30.2 Å². The van der Waals surface area contributed by atoms with Crippen LogP contribution in [0.1, 0.15) is 25.8 Å². The molecule has 0 saturated heterocycles. The van der Waals surface area contributed by atoms with Gasteiger partial charge in [0.1, 0.15) is 11.5 Å². The summed E-state index contributed by atoms with van der Waals surface area (Å²) >= 11 is 0. The number of rotatable bonds is 6. The zero-order chi connectivity index (χ0) is 16.7. The summed E-state index contributed by atoms with van der Waals surface area (Å²) in [5.74, 6) is -0.775. The highest BCUT2D eigenvalue weighted by Crippen LogP contribution is 2.24. The fraction of sp³-hybridized carbons (Fsp3) is 0.300. The second-order valence-electron chi connectivity index (χ2n) is 5.70. The molecular formula is C20H21NO2. The van der Waals surface area contributed by atoms with Gasteiger partial charge in [-0.3, -0.25) is 4.79 Å².